The van der Waals surface area contributed by atoms with E-state index < -0.39 is 17.6 Å². The van der Waals surface area contributed by atoms with Gasteiger partial charge in [-0.05, 0) is 48.9 Å². The Morgan fingerprint density at radius 3 is 2.16 bits per heavy atom. The summed E-state index contributed by atoms with van der Waals surface area (Å²) in [4.78, 5) is 28.0. The molecule has 1 N–H and O–H groups in total. The average molecular weight is 432 g/mol. The van der Waals surface area contributed by atoms with Gasteiger partial charge in [-0.1, -0.05) is 29.8 Å². The minimum absolute atomic E-state index is 0.0636. The first-order valence-corrected chi connectivity index (χ1v) is 9.87. The van der Waals surface area contributed by atoms with E-state index in [1.807, 2.05) is 19.1 Å². The second-order valence-electron chi connectivity index (χ2n) is 7.23. The Balaban J connectivity index is 1.84. The van der Waals surface area contributed by atoms with Crippen LogP contribution in [-0.2, 0) is 9.59 Å². The molecule has 0 atom stereocenters. The summed E-state index contributed by atoms with van der Waals surface area (Å²) >= 11 is 0. The number of carbonyl (C=O) groups excluding carboxylic acids is 2. The Bertz CT molecular complexity index is 1220. The Morgan fingerprint density at radius 1 is 0.844 bits per heavy atom. The van der Waals surface area contributed by atoms with Gasteiger partial charge in [0.25, 0.3) is 11.8 Å². The highest BCUT2D eigenvalue weighted by atomic mass is 19.1. The molecule has 3 aromatic rings. The van der Waals surface area contributed by atoms with E-state index >= 15 is 0 Å². The van der Waals surface area contributed by atoms with Crippen LogP contribution in [-0.4, -0.2) is 26.0 Å². The zero-order valence-corrected chi connectivity index (χ0v) is 17.8. The van der Waals surface area contributed by atoms with Gasteiger partial charge in [0, 0.05) is 6.07 Å². The number of anilines is 2. The number of nitrogens with one attached hydrogen (secondary N) is 1. The summed E-state index contributed by atoms with van der Waals surface area (Å²) in [6, 6.07) is 17.6. The van der Waals surface area contributed by atoms with Crippen LogP contribution < -0.4 is 19.7 Å². The van der Waals surface area contributed by atoms with Gasteiger partial charge < -0.3 is 14.8 Å². The summed E-state index contributed by atoms with van der Waals surface area (Å²) in [7, 11) is 3.03. The van der Waals surface area contributed by atoms with Gasteiger partial charge in [-0.2, -0.15) is 0 Å². The molecule has 0 bridgehead atoms. The number of nitrogens with zero attached hydrogens (tertiary/aromatic N) is 1. The quantitative estimate of drug-likeness (QED) is 0.579. The lowest BCUT2D eigenvalue weighted by Crippen LogP contribution is -2.32. The largest absolute Gasteiger partial charge is 0.497 e. The predicted molar refractivity (Wildman–Crippen MR) is 120 cm³/mol. The molecular formula is C25H21FN2O4. The van der Waals surface area contributed by atoms with Crippen LogP contribution in [0.2, 0.25) is 0 Å². The summed E-state index contributed by atoms with van der Waals surface area (Å²) in [5.41, 5.74) is 2.52. The van der Waals surface area contributed by atoms with Gasteiger partial charge in [0.05, 0.1) is 31.2 Å². The van der Waals surface area contributed by atoms with E-state index in [4.69, 9.17) is 9.47 Å². The molecule has 32 heavy (non-hydrogen) atoms. The van der Waals surface area contributed by atoms with E-state index in [-0.39, 0.29) is 11.3 Å². The SMILES string of the molecule is COc1ccc(OC)c(NC2=C(c3ccc(F)cc3)C(=O)N(c3ccc(C)cc3)C2=O)c1. The Labute approximate surface area is 184 Å². The minimum Gasteiger partial charge on any atom is -0.497 e. The lowest BCUT2D eigenvalue weighted by atomic mass is 10.0. The number of methoxy groups -OCH3 is 2. The molecule has 0 spiro atoms. The van der Waals surface area contributed by atoms with E-state index in [0.717, 1.165) is 10.5 Å². The van der Waals surface area contributed by atoms with Crippen molar-refractivity contribution < 1.29 is 23.5 Å². The predicted octanol–water partition coefficient (Wildman–Crippen LogP) is 4.55. The third-order valence-electron chi connectivity index (χ3n) is 5.18. The Hall–Kier alpha value is -4.13. The van der Waals surface area contributed by atoms with Crippen molar-refractivity contribution in [1.29, 1.82) is 0 Å². The van der Waals surface area contributed by atoms with Gasteiger partial charge in [-0.25, -0.2) is 9.29 Å². The van der Waals surface area contributed by atoms with Crippen molar-refractivity contribution in [2.45, 2.75) is 6.92 Å². The number of benzene rings is 3. The molecule has 1 heterocycles. The van der Waals surface area contributed by atoms with E-state index in [2.05, 4.69) is 5.32 Å². The van der Waals surface area contributed by atoms with Crippen molar-refractivity contribution in [1.82, 2.24) is 0 Å². The van der Waals surface area contributed by atoms with Crippen molar-refractivity contribution in [2.75, 3.05) is 24.4 Å². The van der Waals surface area contributed by atoms with Crippen molar-refractivity contribution in [3.63, 3.8) is 0 Å². The van der Waals surface area contributed by atoms with Crippen LogP contribution in [0.25, 0.3) is 5.57 Å². The minimum atomic E-state index is -0.525. The molecular weight excluding hydrogens is 411 g/mol. The molecule has 0 aliphatic carbocycles. The van der Waals surface area contributed by atoms with Crippen LogP contribution >= 0.6 is 0 Å². The number of halogens is 1. The van der Waals surface area contributed by atoms with Gasteiger partial charge in [0.1, 0.15) is 23.0 Å². The van der Waals surface area contributed by atoms with E-state index in [1.54, 1.807) is 30.3 Å². The molecule has 0 saturated carbocycles. The molecule has 0 fully saturated rings. The highest BCUT2D eigenvalue weighted by Gasteiger charge is 2.40. The van der Waals surface area contributed by atoms with Crippen molar-refractivity contribution >= 4 is 28.8 Å². The Morgan fingerprint density at radius 2 is 1.53 bits per heavy atom. The summed E-state index contributed by atoms with van der Waals surface area (Å²) < 4.78 is 24.2. The summed E-state index contributed by atoms with van der Waals surface area (Å²) in [6.07, 6.45) is 0. The number of amides is 2. The number of carbonyl (C=O) groups is 2. The number of ether oxygens (including phenoxy) is 2. The maximum Gasteiger partial charge on any atom is 0.282 e. The van der Waals surface area contributed by atoms with Crippen LogP contribution in [0.15, 0.2) is 72.4 Å². The number of rotatable bonds is 6. The smallest absolute Gasteiger partial charge is 0.282 e. The van der Waals surface area contributed by atoms with Crippen LogP contribution in [0.5, 0.6) is 11.5 Å². The first kappa shape index (κ1) is 21.1. The number of aryl methyl sites for hydroxylation is 1. The van der Waals surface area contributed by atoms with Crippen molar-refractivity contribution in [2.24, 2.45) is 0 Å². The highest BCUT2D eigenvalue weighted by molar-refractivity contribution is 6.46. The summed E-state index contributed by atoms with van der Waals surface area (Å²) in [5.74, 6) is -0.460. The average Bonchev–Trinajstić information content (AvgIpc) is 3.04. The lowest BCUT2D eigenvalue weighted by Gasteiger charge is -2.16. The monoisotopic (exact) mass is 432 g/mol. The first-order chi connectivity index (χ1) is 15.4. The fraction of sp³-hybridized carbons (Fsp3) is 0.120. The van der Waals surface area contributed by atoms with Gasteiger partial charge in [-0.15, -0.1) is 0 Å². The molecule has 2 amide bonds. The molecule has 1 aliphatic heterocycles. The van der Waals surface area contributed by atoms with Crippen molar-refractivity contribution in [3.05, 3.63) is 89.4 Å². The first-order valence-electron chi connectivity index (χ1n) is 9.87. The molecule has 0 saturated heterocycles. The number of imide groups is 1. The van der Waals surface area contributed by atoms with Gasteiger partial charge in [0.15, 0.2) is 0 Å². The molecule has 0 aromatic heterocycles. The molecule has 4 rings (SSSR count). The fourth-order valence-electron chi connectivity index (χ4n) is 3.50. The zero-order chi connectivity index (χ0) is 22.8. The van der Waals surface area contributed by atoms with Gasteiger partial charge in [0.2, 0.25) is 0 Å². The number of hydrogen-bond donors (Lipinski definition) is 1. The highest BCUT2D eigenvalue weighted by Crippen LogP contribution is 2.37. The van der Waals surface area contributed by atoms with Crippen LogP contribution in [0.1, 0.15) is 11.1 Å². The summed E-state index contributed by atoms with van der Waals surface area (Å²) in [5, 5.41) is 3.06. The summed E-state index contributed by atoms with van der Waals surface area (Å²) in [6.45, 7) is 1.92. The van der Waals surface area contributed by atoms with Crippen LogP contribution in [0.4, 0.5) is 15.8 Å². The fourth-order valence-corrected chi connectivity index (χ4v) is 3.50. The van der Waals surface area contributed by atoms with Crippen LogP contribution in [0.3, 0.4) is 0 Å². The molecule has 1 aliphatic rings. The standard InChI is InChI=1S/C25H21FN2O4/c1-15-4-10-18(11-5-15)28-24(29)22(16-6-8-17(26)9-7-16)23(25(28)30)27-20-14-19(31-2)12-13-21(20)32-3/h4-14,27H,1-3H3. The van der Waals surface area contributed by atoms with E-state index in [9.17, 15) is 14.0 Å². The third kappa shape index (κ3) is 3.80. The second-order valence-corrected chi connectivity index (χ2v) is 7.23. The van der Waals surface area contributed by atoms with Gasteiger partial charge in [-0.3, -0.25) is 9.59 Å². The lowest BCUT2D eigenvalue weighted by molar-refractivity contribution is -0.120. The normalized spacial score (nSPS) is 13.6. The van der Waals surface area contributed by atoms with Crippen LogP contribution in [0, 0.1) is 12.7 Å². The maximum absolute atomic E-state index is 13.5. The van der Waals surface area contributed by atoms with E-state index in [1.165, 1.54) is 38.5 Å². The number of hydrogen-bond acceptors (Lipinski definition) is 5. The third-order valence-corrected chi connectivity index (χ3v) is 5.18. The van der Waals surface area contributed by atoms with Crippen molar-refractivity contribution in [3.8, 4) is 11.5 Å². The Kier molecular flexibility index (Phi) is 5.64. The molecule has 0 unspecified atom stereocenters. The van der Waals surface area contributed by atoms with Gasteiger partial charge >= 0.3 is 0 Å². The van der Waals surface area contributed by atoms with E-state index in [0.29, 0.717) is 28.4 Å². The second kappa shape index (κ2) is 8.55. The molecule has 6 nitrogen and oxygen atoms in total. The molecule has 0 radical (unpaired) electrons. The zero-order valence-electron chi connectivity index (χ0n) is 17.8. The molecule has 7 heteroatoms. The molecule has 3 aromatic carbocycles. The maximum atomic E-state index is 13.5. The molecule has 162 valence electrons. The topological polar surface area (TPSA) is 67.9 Å².